The van der Waals surface area contributed by atoms with Crippen LogP contribution in [0.4, 0.5) is 8.78 Å². The number of hydrogen-bond donors (Lipinski definition) is 1. The molecule has 0 aromatic heterocycles. The highest BCUT2D eigenvalue weighted by molar-refractivity contribution is 5.16. The zero-order chi connectivity index (χ0) is 12.6. The minimum atomic E-state index is -2.55. The molecule has 0 saturated carbocycles. The maximum atomic E-state index is 14.0. The molecule has 2 fully saturated rings. The van der Waals surface area contributed by atoms with E-state index in [1.807, 2.05) is 35.2 Å². The lowest BCUT2D eigenvalue weighted by molar-refractivity contribution is -0.0328. The SMILES string of the molecule is FC1(F)CN(Cc2ccccc2)[C@@H]2CCNC[C@@H]21. The van der Waals surface area contributed by atoms with Gasteiger partial charge in [0.1, 0.15) is 0 Å². The number of nitrogens with zero attached hydrogens (tertiary/aromatic N) is 1. The second-order valence-electron chi connectivity index (χ2n) is 5.32. The Bertz CT molecular complexity index is 408. The summed E-state index contributed by atoms with van der Waals surface area (Å²) in [6, 6.07) is 9.92. The fourth-order valence-corrected chi connectivity index (χ4v) is 3.21. The highest BCUT2D eigenvalue weighted by atomic mass is 19.3. The van der Waals surface area contributed by atoms with Crippen molar-refractivity contribution in [2.24, 2.45) is 5.92 Å². The van der Waals surface area contributed by atoms with Gasteiger partial charge in [0.05, 0.1) is 12.5 Å². The van der Waals surface area contributed by atoms with Crippen LogP contribution in [0.25, 0.3) is 0 Å². The normalized spacial score (nSPS) is 31.2. The van der Waals surface area contributed by atoms with E-state index in [-0.39, 0.29) is 12.6 Å². The highest BCUT2D eigenvalue weighted by Gasteiger charge is 2.54. The van der Waals surface area contributed by atoms with Crippen LogP contribution in [0.1, 0.15) is 12.0 Å². The molecule has 0 bridgehead atoms. The van der Waals surface area contributed by atoms with Gasteiger partial charge in [-0.3, -0.25) is 4.90 Å². The molecule has 2 heterocycles. The molecule has 2 nitrogen and oxygen atoms in total. The summed E-state index contributed by atoms with van der Waals surface area (Å²) in [5.41, 5.74) is 1.12. The van der Waals surface area contributed by atoms with Crippen LogP contribution in [0.15, 0.2) is 30.3 Å². The average molecular weight is 252 g/mol. The maximum Gasteiger partial charge on any atom is 0.266 e. The molecule has 0 radical (unpaired) electrons. The van der Waals surface area contributed by atoms with Crippen molar-refractivity contribution in [2.75, 3.05) is 19.6 Å². The highest BCUT2D eigenvalue weighted by Crippen LogP contribution is 2.40. The number of nitrogens with one attached hydrogen (secondary N) is 1. The third-order valence-electron chi connectivity index (χ3n) is 4.10. The summed E-state index contributed by atoms with van der Waals surface area (Å²) in [6.07, 6.45) is 0.826. The van der Waals surface area contributed by atoms with Crippen molar-refractivity contribution >= 4 is 0 Å². The smallest absolute Gasteiger partial charge is 0.266 e. The quantitative estimate of drug-likeness (QED) is 0.867. The molecule has 1 N–H and O–H groups in total. The lowest BCUT2D eigenvalue weighted by atomic mass is 9.92. The van der Waals surface area contributed by atoms with Crippen LogP contribution >= 0.6 is 0 Å². The summed E-state index contributed by atoms with van der Waals surface area (Å²) < 4.78 is 27.9. The first-order valence-electron chi connectivity index (χ1n) is 6.53. The molecule has 3 rings (SSSR count). The Balaban J connectivity index is 1.77. The van der Waals surface area contributed by atoms with Gasteiger partial charge in [-0.1, -0.05) is 30.3 Å². The Morgan fingerprint density at radius 3 is 2.83 bits per heavy atom. The minimum Gasteiger partial charge on any atom is -0.316 e. The minimum absolute atomic E-state index is 0.0291. The van der Waals surface area contributed by atoms with E-state index < -0.39 is 11.8 Å². The number of hydrogen-bond acceptors (Lipinski definition) is 2. The first kappa shape index (κ1) is 12.1. The van der Waals surface area contributed by atoms with Crippen LogP contribution in [0, 0.1) is 5.92 Å². The fourth-order valence-electron chi connectivity index (χ4n) is 3.21. The molecule has 0 aliphatic carbocycles. The molecule has 2 aliphatic heterocycles. The third-order valence-corrected chi connectivity index (χ3v) is 4.10. The first-order valence-corrected chi connectivity index (χ1v) is 6.53. The molecular formula is C14H18F2N2. The molecular weight excluding hydrogens is 234 g/mol. The topological polar surface area (TPSA) is 15.3 Å². The Morgan fingerprint density at radius 1 is 1.28 bits per heavy atom. The number of halogens is 2. The van der Waals surface area contributed by atoms with E-state index in [0.717, 1.165) is 18.5 Å². The third kappa shape index (κ3) is 2.15. The van der Waals surface area contributed by atoms with E-state index in [1.54, 1.807) is 0 Å². The number of piperidine rings is 1. The number of fused-ring (bicyclic) bond motifs is 1. The van der Waals surface area contributed by atoms with Crippen LogP contribution in [0.5, 0.6) is 0 Å². The lowest BCUT2D eigenvalue weighted by Gasteiger charge is -2.32. The van der Waals surface area contributed by atoms with Crippen LogP contribution < -0.4 is 5.32 Å². The van der Waals surface area contributed by atoms with Crippen molar-refractivity contribution in [2.45, 2.75) is 24.9 Å². The van der Waals surface area contributed by atoms with E-state index >= 15 is 0 Å². The fraction of sp³-hybridized carbons (Fsp3) is 0.571. The Labute approximate surface area is 106 Å². The second kappa shape index (κ2) is 4.59. The van der Waals surface area contributed by atoms with Crippen LogP contribution in [0.2, 0.25) is 0 Å². The van der Waals surface area contributed by atoms with E-state index in [0.29, 0.717) is 13.1 Å². The predicted octanol–water partition coefficient (Wildman–Crippen LogP) is 2.12. The standard InChI is InChI=1S/C14H18F2N2/c15-14(16)10-18(9-11-4-2-1-3-5-11)13-6-7-17-8-12(13)14/h1-5,12-13,17H,6-10H2/t12-,13+/m0/s1. The van der Waals surface area contributed by atoms with Crippen molar-refractivity contribution in [3.8, 4) is 0 Å². The maximum absolute atomic E-state index is 14.0. The number of rotatable bonds is 2. The van der Waals surface area contributed by atoms with Gasteiger partial charge in [-0.15, -0.1) is 0 Å². The molecule has 2 aliphatic rings. The number of benzene rings is 1. The van der Waals surface area contributed by atoms with Gasteiger partial charge in [-0.2, -0.15) is 0 Å². The van der Waals surface area contributed by atoms with Crippen LogP contribution in [-0.2, 0) is 6.54 Å². The lowest BCUT2D eigenvalue weighted by Crippen LogP contribution is -2.46. The van der Waals surface area contributed by atoms with Crippen molar-refractivity contribution in [3.05, 3.63) is 35.9 Å². The molecule has 18 heavy (non-hydrogen) atoms. The summed E-state index contributed by atoms with van der Waals surface area (Å²) in [5.74, 6) is -3.07. The van der Waals surface area contributed by atoms with Gasteiger partial charge in [0.15, 0.2) is 0 Å². The van der Waals surface area contributed by atoms with Crippen molar-refractivity contribution in [3.63, 3.8) is 0 Å². The first-order chi connectivity index (χ1) is 8.67. The van der Waals surface area contributed by atoms with Gasteiger partial charge in [0, 0.05) is 19.1 Å². The molecule has 1 aromatic carbocycles. The number of alkyl halides is 2. The molecule has 0 unspecified atom stereocenters. The van der Waals surface area contributed by atoms with Gasteiger partial charge in [0.25, 0.3) is 5.92 Å². The summed E-state index contributed by atoms with van der Waals surface area (Å²) in [5, 5.41) is 3.09. The van der Waals surface area contributed by atoms with Gasteiger partial charge >= 0.3 is 0 Å². The van der Waals surface area contributed by atoms with E-state index in [4.69, 9.17) is 0 Å². The van der Waals surface area contributed by atoms with Gasteiger partial charge in [-0.25, -0.2) is 8.78 Å². The Morgan fingerprint density at radius 2 is 2.06 bits per heavy atom. The van der Waals surface area contributed by atoms with Crippen molar-refractivity contribution in [1.82, 2.24) is 10.2 Å². The summed E-state index contributed by atoms with van der Waals surface area (Å²) >= 11 is 0. The molecule has 2 atom stereocenters. The van der Waals surface area contributed by atoms with E-state index in [2.05, 4.69) is 5.32 Å². The molecule has 1 aromatic rings. The summed E-state index contributed by atoms with van der Waals surface area (Å²) in [4.78, 5) is 1.96. The molecule has 2 saturated heterocycles. The molecule has 0 spiro atoms. The van der Waals surface area contributed by atoms with Gasteiger partial charge in [0.2, 0.25) is 0 Å². The zero-order valence-corrected chi connectivity index (χ0v) is 10.3. The zero-order valence-electron chi connectivity index (χ0n) is 10.3. The summed E-state index contributed by atoms with van der Waals surface area (Å²) in [7, 11) is 0. The van der Waals surface area contributed by atoms with Gasteiger partial charge in [-0.05, 0) is 18.5 Å². The van der Waals surface area contributed by atoms with Crippen molar-refractivity contribution < 1.29 is 8.78 Å². The Hall–Kier alpha value is -1.00. The van der Waals surface area contributed by atoms with E-state index in [1.165, 1.54) is 0 Å². The Kier molecular flexibility index (Phi) is 3.08. The summed E-state index contributed by atoms with van der Waals surface area (Å²) in [6.45, 7) is 1.84. The largest absolute Gasteiger partial charge is 0.316 e. The number of likely N-dealkylation sites (tertiary alicyclic amines) is 1. The van der Waals surface area contributed by atoms with Crippen LogP contribution in [0.3, 0.4) is 0 Å². The second-order valence-corrected chi connectivity index (χ2v) is 5.32. The monoisotopic (exact) mass is 252 g/mol. The average Bonchev–Trinajstić information content (AvgIpc) is 2.63. The predicted molar refractivity (Wildman–Crippen MR) is 66.6 cm³/mol. The van der Waals surface area contributed by atoms with Crippen LogP contribution in [-0.4, -0.2) is 36.5 Å². The molecule has 98 valence electrons. The molecule has 0 amide bonds. The van der Waals surface area contributed by atoms with Crippen molar-refractivity contribution in [1.29, 1.82) is 0 Å². The van der Waals surface area contributed by atoms with Gasteiger partial charge < -0.3 is 5.32 Å². The molecule has 4 heteroatoms. The van der Waals surface area contributed by atoms with E-state index in [9.17, 15) is 8.78 Å².